The van der Waals surface area contributed by atoms with E-state index in [2.05, 4.69) is 74.4 Å². The molecule has 3 aromatic heterocycles. The molecule has 0 radical (unpaired) electrons. The third kappa shape index (κ3) is 8.96. The van der Waals surface area contributed by atoms with Crippen LogP contribution < -0.4 is 16.0 Å². The maximum Gasteiger partial charge on any atom is 0.407 e. The van der Waals surface area contributed by atoms with Crippen LogP contribution in [0.15, 0.2) is 66.7 Å². The first-order chi connectivity index (χ1) is 33.2. The van der Waals surface area contributed by atoms with Crippen molar-refractivity contribution >= 4 is 57.0 Å². The Morgan fingerprint density at radius 3 is 2.07 bits per heavy atom. The monoisotopic (exact) mass is 923 g/mol. The smallest absolute Gasteiger partial charge is 0.407 e. The zero-order valence-electron chi connectivity index (χ0n) is 38.3. The van der Waals surface area contributed by atoms with Crippen molar-refractivity contribution in [2.75, 3.05) is 40.6 Å². The van der Waals surface area contributed by atoms with Crippen LogP contribution >= 0.6 is 0 Å². The van der Waals surface area contributed by atoms with Crippen LogP contribution in [0.1, 0.15) is 69.1 Å². The minimum absolute atomic E-state index is 0.00947. The van der Waals surface area contributed by atoms with Gasteiger partial charge in [0, 0.05) is 55.9 Å². The lowest BCUT2D eigenvalue weighted by atomic mass is 9.90. The fraction of sp³-hybridized carbons (Fsp3) is 0.471. The van der Waals surface area contributed by atoms with Gasteiger partial charge in [-0.3, -0.25) is 9.59 Å². The first kappa shape index (κ1) is 43.9. The summed E-state index contributed by atoms with van der Waals surface area (Å²) < 4.78 is 20.8. The van der Waals surface area contributed by atoms with Gasteiger partial charge in [-0.25, -0.2) is 24.5 Å². The molecule has 6 aromatic rings. The maximum atomic E-state index is 14.3. The highest BCUT2D eigenvalue weighted by molar-refractivity contribution is 5.91. The van der Waals surface area contributed by atoms with E-state index in [0.717, 1.165) is 99.1 Å². The fourth-order valence-corrected chi connectivity index (χ4v) is 10.9. The molecule has 3 saturated heterocycles. The molecule has 7 atom stereocenters. The van der Waals surface area contributed by atoms with Crippen molar-refractivity contribution in [3.05, 3.63) is 78.4 Å². The Labute approximate surface area is 392 Å². The van der Waals surface area contributed by atoms with Crippen molar-refractivity contribution in [2.45, 2.75) is 88.0 Å². The van der Waals surface area contributed by atoms with Crippen LogP contribution in [0.2, 0.25) is 0 Å². The molecule has 3 aromatic carbocycles. The van der Waals surface area contributed by atoms with Crippen LogP contribution in [0, 0.1) is 23.7 Å². The predicted molar refractivity (Wildman–Crippen MR) is 252 cm³/mol. The highest BCUT2D eigenvalue weighted by Crippen LogP contribution is 2.53. The molecular weight excluding hydrogens is 867 g/mol. The summed E-state index contributed by atoms with van der Waals surface area (Å²) in [5, 5.41) is 9.81. The third-order valence-electron chi connectivity index (χ3n) is 15.0. The second-order valence-electron chi connectivity index (χ2n) is 19.2. The summed E-state index contributed by atoms with van der Waals surface area (Å²) in [7, 11) is 2.63. The number of hydrogen-bond donors (Lipinski definition) is 5. The number of benzene rings is 3. The highest BCUT2D eigenvalue weighted by atomic mass is 16.5. The normalized spacial score (nSPS) is 23.5. The molecule has 3 aliphatic heterocycles. The van der Waals surface area contributed by atoms with Gasteiger partial charge >= 0.3 is 12.2 Å². The molecule has 5 fully saturated rings. The SMILES string of the molecule is COC(=O)N[C@H](C(=O)N[C@@H]1C[C@@H]1CCc1nc2ccc(-c3ccc4nc(-c5ccc6nc([C@@H]7C[C@H]8C[C@H]8N7C(=O)[C@@H](NC(=O)OC)C7CCOCC7)[nH]c6c5)ccc4c3)cc2[nH]1)C1CCOCC1. The van der Waals surface area contributed by atoms with Gasteiger partial charge in [0.05, 0.1) is 53.5 Å². The van der Waals surface area contributed by atoms with Crippen LogP contribution in [0.3, 0.4) is 0 Å². The number of hydrogen-bond acceptors (Lipinski definition) is 11. The molecule has 5 aliphatic rings. The first-order valence-electron chi connectivity index (χ1n) is 24.1. The lowest BCUT2D eigenvalue weighted by Crippen LogP contribution is -2.54. The number of nitrogens with one attached hydrogen (secondary N) is 5. The number of aromatic amines is 2. The molecular formula is C51H57N9O8. The second kappa shape index (κ2) is 18.5. The average molecular weight is 924 g/mol. The summed E-state index contributed by atoms with van der Waals surface area (Å²) >= 11 is 0. The molecule has 2 saturated carbocycles. The Kier molecular flexibility index (Phi) is 11.9. The Hall–Kier alpha value is -6.59. The van der Waals surface area contributed by atoms with Crippen LogP contribution in [-0.2, 0) is 35.0 Å². The van der Waals surface area contributed by atoms with E-state index >= 15 is 0 Å². The molecule has 5 N–H and O–H groups in total. The Balaban J connectivity index is 0.738. The number of amides is 4. The van der Waals surface area contributed by atoms with Gasteiger partial charge < -0.3 is 49.8 Å². The zero-order valence-corrected chi connectivity index (χ0v) is 38.3. The number of ether oxygens (including phenoxy) is 4. The number of alkyl carbamates (subject to hydrolysis) is 2. The summed E-state index contributed by atoms with van der Waals surface area (Å²) in [4.78, 5) is 76.1. The number of fused-ring (bicyclic) bond motifs is 4. The van der Waals surface area contributed by atoms with E-state index < -0.39 is 24.3 Å². The summed E-state index contributed by atoms with van der Waals surface area (Å²) in [6.45, 7) is 2.28. The van der Waals surface area contributed by atoms with Gasteiger partial charge in [0.15, 0.2) is 0 Å². The number of pyridine rings is 1. The quantitative estimate of drug-likeness (QED) is 0.0820. The van der Waals surface area contributed by atoms with Gasteiger partial charge in [0.2, 0.25) is 11.8 Å². The number of imidazole rings is 2. The molecule has 68 heavy (non-hydrogen) atoms. The summed E-state index contributed by atoms with van der Waals surface area (Å²) in [6.07, 6.45) is 5.96. The number of piperidine rings is 1. The standard InChI is InChI=1S/C51H57N9O8/c1-65-50(63)58-45(27-13-17-67-18-14-27)48(61)57-39-23-33(39)7-12-44-53-37-10-4-30(22-40(37)54-44)29-3-8-35-31(21-29)5-9-36(52-35)32-6-11-38-41(24-32)56-47(55-38)43-26-34-25-42(34)60(43)49(62)46(59-51(64)66-2)28-15-19-68-20-16-28/h3-6,8-11,21-22,24,27-28,33-34,39,42-43,45-46H,7,12-20,23,25-26H2,1-2H3,(H,53,54)(H,55,56)(H,57,61)(H,58,63)(H,59,64)/t33-,34+,39+,42+,43-,45-,46-/m0/s1. The van der Waals surface area contributed by atoms with Crippen molar-refractivity contribution in [1.29, 1.82) is 0 Å². The fourth-order valence-electron chi connectivity index (χ4n) is 10.9. The number of aromatic nitrogens is 5. The number of likely N-dealkylation sites (tertiary alicyclic amines) is 1. The maximum absolute atomic E-state index is 14.3. The van der Waals surface area contributed by atoms with E-state index in [1.807, 2.05) is 23.1 Å². The summed E-state index contributed by atoms with van der Waals surface area (Å²) in [6, 6.07) is 21.6. The first-order valence-corrected chi connectivity index (χ1v) is 24.1. The van der Waals surface area contributed by atoms with Crippen molar-refractivity contribution in [3.63, 3.8) is 0 Å². The van der Waals surface area contributed by atoms with E-state index in [1.54, 1.807) is 0 Å². The average Bonchev–Trinajstić information content (AvgIpc) is 4.13. The largest absolute Gasteiger partial charge is 0.453 e. The topological polar surface area (TPSA) is 215 Å². The van der Waals surface area contributed by atoms with Crippen LogP contribution in [0.5, 0.6) is 0 Å². The summed E-state index contributed by atoms with van der Waals surface area (Å²) in [5.74, 6) is 2.19. The number of H-pyrrole nitrogens is 2. The minimum Gasteiger partial charge on any atom is -0.453 e. The molecule has 11 rings (SSSR count). The van der Waals surface area contributed by atoms with Crippen molar-refractivity contribution < 1.29 is 38.1 Å². The molecule has 0 spiro atoms. The van der Waals surface area contributed by atoms with Crippen molar-refractivity contribution in [2.24, 2.45) is 23.7 Å². The Bertz CT molecular complexity index is 2890. The van der Waals surface area contributed by atoms with Crippen molar-refractivity contribution in [1.82, 2.24) is 45.8 Å². The minimum atomic E-state index is -0.683. The number of nitrogens with zero attached hydrogens (tertiary/aromatic N) is 4. The zero-order chi connectivity index (χ0) is 46.5. The van der Waals surface area contributed by atoms with Gasteiger partial charge in [-0.2, -0.15) is 0 Å². The van der Waals surface area contributed by atoms with Crippen LogP contribution in [0.25, 0.3) is 55.4 Å². The van der Waals surface area contributed by atoms with E-state index in [1.165, 1.54) is 14.2 Å². The lowest BCUT2D eigenvalue weighted by molar-refractivity contribution is -0.138. The van der Waals surface area contributed by atoms with E-state index in [-0.39, 0.29) is 41.8 Å². The Morgan fingerprint density at radius 2 is 1.34 bits per heavy atom. The summed E-state index contributed by atoms with van der Waals surface area (Å²) in [5.41, 5.74) is 8.40. The van der Waals surface area contributed by atoms with Gasteiger partial charge in [-0.05, 0) is 129 Å². The lowest BCUT2D eigenvalue weighted by Gasteiger charge is -2.35. The van der Waals surface area contributed by atoms with Crippen LogP contribution in [0.4, 0.5) is 9.59 Å². The molecule has 17 heteroatoms. The molecule has 6 heterocycles. The van der Waals surface area contributed by atoms with Gasteiger partial charge in [0.1, 0.15) is 23.7 Å². The molecule has 0 unspecified atom stereocenters. The number of methoxy groups -OCH3 is 2. The molecule has 17 nitrogen and oxygen atoms in total. The number of carbonyl (C=O) groups excluding carboxylic acids is 4. The molecule has 354 valence electrons. The van der Waals surface area contributed by atoms with E-state index in [9.17, 15) is 19.2 Å². The van der Waals surface area contributed by atoms with Gasteiger partial charge in [-0.15, -0.1) is 0 Å². The second-order valence-corrected chi connectivity index (χ2v) is 19.2. The third-order valence-corrected chi connectivity index (χ3v) is 15.0. The molecule has 0 bridgehead atoms. The highest BCUT2D eigenvalue weighted by Gasteiger charge is 2.56. The number of rotatable bonds is 13. The number of aryl methyl sites for hydroxylation is 1. The Morgan fingerprint density at radius 1 is 0.706 bits per heavy atom. The van der Waals surface area contributed by atoms with Crippen molar-refractivity contribution in [3.8, 4) is 22.4 Å². The molecule has 4 amide bonds. The predicted octanol–water partition coefficient (Wildman–Crippen LogP) is 6.72. The molecule has 2 aliphatic carbocycles. The van der Waals surface area contributed by atoms with E-state index in [0.29, 0.717) is 63.9 Å². The van der Waals surface area contributed by atoms with Crippen LogP contribution in [-0.4, -0.2) is 119 Å². The van der Waals surface area contributed by atoms with Gasteiger partial charge in [-0.1, -0.05) is 24.3 Å². The van der Waals surface area contributed by atoms with Gasteiger partial charge in [0.25, 0.3) is 0 Å². The van der Waals surface area contributed by atoms with E-state index in [4.69, 9.17) is 33.9 Å². The number of carbonyl (C=O) groups is 4.